The molecule has 1 unspecified atom stereocenters. The minimum Gasteiger partial charge on any atom is -0.485 e. The van der Waals surface area contributed by atoms with E-state index in [1.165, 1.54) is 6.08 Å². The number of anilines is 1. The van der Waals surface area contributed by atoms with Gasteiger partial charge in [-0.1, -0.05) is 36.4 Å². The van der Waals surface area contributed by atoms with Gasteiger partial charge in [-0.25, -0.2) is 0 Å². The highest BCUT2D eigenvalue weighted by Gasteiger charge is 2.16. The Morgan fingerprint density at radius 2 is 1.82 bits per heavy atom. The Balaban J connectivity index is 1.72. The fourth-order valence-corrected chi connectivity index (χ4v) is 2.32. The molecular weight excluding hydrogens is 274 g/mol. The van der Waals surface area contributed by atoms with Crippen molar-refractivity contribution in [1.82, 2.24) is 0 Å². The van der Waals surface area contributed by atoms with Crippen LogP contribution in [0.4, 0.5) is 5.69 Å². The molecular formula is C19H17NO2. The Bertz CT molecular complexity index is 732. The Kier molecular flexibility index (Phi) is 4.05. The zero-order valence-electron chi connectivity index (χ0n) is 12.3. The van der Waals surface area contributed by atoms with Crippen LogP contribution in [0.1, 0.15) is 12.5 Å². The lowest BCUT2D eigenvalue weighted by molar-refractivity contribution is -0.111. The number of carbonyl (C=O) groups excluding carboxylic acids is 1. The zero-order valence-corrected chi connectivity index (χ0v) is 12.3. The van der Waals surface area contributed by atoms with Crippen molar-refractivity contribution >= 4 is 17.7 Å². The van der Waals surface area contributed by atoms with Crippen molar-refractivity contribution in [3.8, 4) is 5.75 Å². The van der Waals surface area contributed by atoms with Crippen molar-refractivity contribution in [2.45, 2.75) is 13.0 Å². The summed E-state index contributed by atoms with van der Waals surface area (Å²) in [7, 11) is 0. The number of para-hydroxylation sites is 2. The number of amides is 1. The summed E-state index contributed by atoms with van der Waals surface area (Å²) >= 11 is 0. The van der Waals surface area contributed by atoms with Crippen molar-refractivity contribution < 1.29 is 9.53 Å². The van der Waals surface area contributed by atoms with Crippen LogP contribution in [0.25, 0.3) is 6.08 Å². The van der Waals surface area contributed by atoms with Gasteiger partial charge in [-0.05, 0) is 42.8 Å². The van der Waals surface area contributed by atoms with E-state index in [2.05, 4.69) is 11.4 Å². The lowest BCUT2D eigenvalue weighted by Gasteiger charge is -2.22. The number of hydrogen-bond acceptors (Lipinski definition) is 2. The molecule has 22 heavy (non-hydrogen) atoms. The molecule has 3 nitrogen and oxygen atoms in total. The molecule has 0 aliphatic carbocycles. The number of fused-ring (bicyclic) bond motifs is 1. The van der Waals surface area contributed by atoms with Gasteiger partial charge in [0, 0.05) is 17.3 Å². The average molecular weight is 291 g/mol. The first kappa shape index (κ1) is 14.1. The van der Waals surface area contributed by atoms with Crippen LogP contribution in [0.3, 0.4) is 0 Å². The molecule has 2 aromatic carbocycles. The highest BCUT2D eigenvalue weighted by Crippen LogP contribution is 2.29. The van der Waals surface area contributed by atoms with Crippen molar-refractivity contribution in [2.75, 3.05) is 5.32 Å². The fourth-order valence-electron chi connectivity index (χ4n) is 2.32. The van der Waals surface area contributed by atoms with E-state index in [4.69, 9.17) is 4.74 Å². The maximum absolute atomic E-state index is 11.9. The largest absolute Gasteiger partial charge is 0.485 e. The van der Waals surface area contributed by atoms with E-state index in [1.54, 1.807) is 6.08 Å². The lowest BCUT2D eigenvalue weighted by Crippen LogP contribution is -2.18. The molecule has 2 aromatic rings. The highest BCUT2D eigenvalue weighted by molar-refractivity contribution is 5.99. The molecule has 0 radical (unpaired) electrons. The van der Waals surface area contributed by atoms with E-state index in [0.717, 1.165) is 22.6 Å². The number of rotatable bonds is 3. The van der Waals surface area contributed by atoms with Gasteiger partial charge in [0.1, 0.15) is 11.9 Å². The topological polar surface area (TPSA) is 38.3 Å². The van der Waals surface area contributed by atoms with E-state index < -0.39 is 0 Å². The van der Waals surface area contributed by atoms with Crippen molar-refractivity contribution in [2.24, 2.45) is 0 Å². The van der Waals surface area contributed by atoms with Crippen molar-refractivity contribution in [3.05, 3.63) is 77.9 Å². The third kappa shape index (κ3) is 3.26. The summed E-state index contributed by atoms with van der Waals surface area (Å²) in [6.45, 7) is 1.97. The highest BCUT2D eigenvalue weighted by atomic mass is 16.5. The summed E-state index contributed by atoms with van der Waals surface area (Å²) in [4.78, 5) is 11.9. The van der Waals surface area contributed by atoms with Gasteiger partial charge in [0.15, 0.2) is 0 Å². The summed E-state index contributed by atoms with van der Waals surface area (Å²) in [5.41, 5.74) is 2.79. The quantitative estimate of drug-likeness (QED) is 0.867. The standard InChI is InChI=1S/C19H17NO2/c1-14-15(13-16-7-5-6-10-18(16)22-14)11-12-19(21)20-17-8-3-2-4-9-17/h2-14H,1H3,(H,20,21). The fraction of sp³-hybridized carbons (Fsp3) is 0.105. The number of nitrogens with one attached hydrogen (secondary N) is 1. The van der Waals surface area contributed by atoms with Gasteiger partial charge in [0.25, 0.3) is 0 Å². The second-order valence-corrected chi connectivity index (χ2v) is 5.13. The molecule has 0 bridgehead atoms. The van der Waals surface area contributed by atoms with E-state index in [0.29, 0.717) is 0 Å². The van der Waals surface area contributed by atoms with E-state index in [1.807, 2.05) is 61.5 Å². The Morgan fingerprint density at radius 1 is 1.09 bits per heavy atom. The summed E-state index contributed by atoms with van der Waals surface area (Å²) in [5, 5.41) is 2.82. The molecule has 0 fully saturated rings. The molecule has 0 saturated carbocycles. The summed E-state index contributed by atoms with van der Waals surface area (Å²) in [5.74, 6) is 0.721. The molecule has 1 heterocycles. The van der Waals surface area contributed by atoms with Gasteiger partial charge < -0.3 is 10.1 Å². The van der Waals surface area contributed by atoms with Gasteiger partial charge in [-0.2, -0.15) is 0 Å². The molecule has 1 amide bonds. The van der Waals surface area contributed by atoms with E-state index in [9.17, 15) is 4.79 Å². The first-order chi connectivity index (χ1) is 10.7. The smallest absolute Gasteiger partial charge is 0.248 e. The van der Waals surface area contributed by atoms with Crippen molar-refractivity contribution in [1.29, 1.82) is 0 Å². The molecule has 0 saturated heterocycles. The normalized spacial score (nSPS) is 16.6. The second-order valence-electron chi connectivity index (χ2n) is 5.13. The number of hydrogen-bond donors (Lipinski definition) is 1. The van der Waals surface area contributed by atoms with E-state index >= 15 is 0 Å². The lowest BCUT2D eigenvalue weighted by atomic mass is 10.0. The van der Waals surface area contributed by atoms with E-state index in [-0.39, 0.29) is 12.0 Å². The molecule has 1 N–H and O–H groups in total. The van der Waals surface area contributed by atoms with Gasteiger partial charge in [-0.3, -0.25) is 4.79 Å². The van der Waals surface area contributed by atoms with Crippen LogP contribution in [0.2, 0.25) is 0 Å². The predicted octanol–water partition coefficient (Wildman–Crippen LogP) is 4.05. The Hall–Kier alpha value is -2.81. The third-order valence-electron chi connectivity index (χ3n) is 3.48. The molecule has 0 spiro atoms. The van der Waals surface area contributed by atoms with Gasteiger partial charge in [0.2, 0.25) is 5.91 Å². The maximum atomic E-state index is 11.9. The minimum atomic E-state index is -0.154. The Labute approximate surface area is 129 Å². The number of ether oxygens (including phenoxy) is 1. The zero-order chi connectivity index (χ0) is 15.4. The molecule has 1 aliphatic heterocycles. The van der Waals surface area contributed by atoms with Gasteiger partial charge in [0.05, 0.1) is 0 Å². The molecule has 3 rings (SSSR count). The first-order valence-electron chi connectivity index (χ1n) is 7.24. The summed E-state index contributed by atoms with van der Waals surface area (Å²) < 4.78 is 5.84. The second kappa shape index (κ2) is 6.31. The first-order valence-corrected chi connectivity index (χ1v) is 7.24. The molecule has 3 heteroatoms. The van der Waals surface area contributed by atoms with Crippen LogP contribution in [0, 0.1) is 0 Å². The van der Waals surface area contributed by atoms with Crippen molar-refractivity contribution in [3.63, 3.8) is 0 Å². The number of carbonyl (C=O) groups is 1. The summed E-state index contributed by atoms with van der Waals surface area (Å²) in [6.07, 6.45) is 5.32. The number of benzene rings is 2. The Morgan fingerprint density at radius 3 is 2.64 bits per heavy atom. The van der Waals surface area contributed by atoms with Crippen LogP contribution < -0.4 is 10.1 Å². The third-order valence-corrected chi connectivity index (χ3v) is 3.48. The monoisotopic (exact) mass is 291 g/mol. The van der Waals surface area contributed by atoms with Crippen LogP contribution in [0.5, 0.6) is 5.75 Å². The van der Waals surface area contributed by atoms with Crippen LogP contribution in [-0.2, 0) is 4.79 Å². The minimum absolute atomic E-state index is 0.0734. The maximum Gasteiger partial charge on any atom is 0.248 e. The van der Waals surface area contributed by atoms with Crippen LogP contribution in [-0.4, -0.2) is 12.0 Å². The average Bonchev–Trinajstić information content (AvgIpc) is 2.54. The molecule has 110 valence electrons. The SMILES string of the molecule is CC1Oc2ccccc2C=C1C=CC(=O)Nc1ccccc1. The van der Waals surface area contributed by atoms with Crippen LogP contribution >= 0.6 is 0 Å². The molecule has 1 atom stereocenters. The molecule has 0 aromatic heterocycles. The van der Waals surface area contributed by atoms with Gasteiger partial charge >= 0.3 is 0 Å². The summed E-state index contributed by atoms with van der Waals surface area (Å²) in [6, 6.07) is 17.3. The van der Waals surface area contributed by atoms with Crippen LogP contribution in [0.15, 0.2) is 72.3 Å². The van der Waals surface area contributed by atoms with Gasteiger partial charge in [-0.15, -0.1) is 0 Å². The predicted molar refractivity (Wildman–Crippen MR) is 88.7 cm³/mol. The molecule has 1 aliphatic rings.